The zero-order valence-corrected chi connectivity index (χ0v) is 9.49. The molecule has 0 aromatic heterocycles. The summed E-state index contributed by atoms with van der Waals surface area (Å²) in [6.45, 7) is 2.90. The molecule has 4 heteroatoms. The molecule has 0 N–H and O–H groups in total. The summed E-state index contributed by atoms with van der Waals surface area (Å²) >= 11 is 0. The number of hydrogen-bond donors (Lipinski definition) is 0. The first kappa shape index (κ1) is 12.0. The fourth-order valence-electron chi connectivity index (χ4n) is 1.92. The van der Waals surface area contributed by atoms with E-state index in [4.69, 9.17) is 0 Å². The van der Waals surface area contributed by atoms with Crippen LogP contribution in [0.2, 0.25) is 0 Å². The summed E-state index contributed by atoms with van der Waals surface area (Å²) in [5.41, 5.74) is 0. The van der Waals surface area contributed by atoms with Gasteiger partial charge in [-0.2, -0.15) is 0 Å². The molecule has 0 aromatic carbocycles. The zero-order valence-electron chi connectivity index (χ0n) is 9.49. The zero-order chi connectivity index (χ0) is 11.3. The molecule has 0 unspecified atom stereocenters. The van der Waals surface area contributed by atoms with E-state index in [0.29, 0.717) is 6.04 Å². The van der Waals surface area contributed by atoms with E-state index in [1.54, 1.807) is 0 Å². The summed E-state index contributed by atoms with van der Waals surface area (Å²) in [5.74, 6) is -0.236. The first-order valence-electron chi connectivity index (χ1n) is 5.51. The van der Waals surface area contributed by atoms with Crippen LogP contribution in [0.4, 0.5) is 0 Å². The van der Waals surface area contributed by atoms with E-state index >= 15 is 0 Å². The van der Waals surface area contributed by atoms with Crippen LogP contribution in [0, 0.1) is 0 Å². The Hall–Kier alpha value is -1.06. The molecule has 1 saturated heterocycles. The molecule has 1 aliphatic heterocycles. The maximum absolute atomic E-state index is 11.7. The Morgan fingerprint density at radius 1 is 1.33 bits per heavy atom. The van der Waals surface area contributed by atoms with Crippen LogP contribution in [0.3, 0.4) is 0 Å². The summed E-state index contributed by atoms with van der Waals surface area (Å²) < 4.78 is 4.51. The van der Waals surface area contributed by atoms with Gasteiger partial charge < -0.3 is 9.64 Å². The fraction of sp³-hybridized carbons (Fsp3) is 0.818. The van der Waals surface area contributed by atoms with Crippen molar-refractivity contribution in [1.82, 2.24) is 4.90 Å². The maximum Gasteiger partial charge on any atom is 0.306 e. The lowest BCUT2D eigenvalue weighted by Crippen LogP contribution is -2.42. The second kappa shape index (κ2) is 5.73. The number of likely N-dealkylation sites (tertiary alicyclic amines) is 1. The van der Waals surface area contributed by atoms with Crippen molar-refractivity contribution in [2.24, 2.45) is 0 Å². The minimum Gasteiger partial charge on any atom is -0.469 e. The van der Waals surface area contributed by atoms with E-state index in [9.17, 15) is 9.59 Å². The van der Waals surface area contributed by atoms with Crippen LogP contribution in [0.5, 0.6) is 0 Å². The second-order valence-corrected chi connectivity index (χ2v) is 4.01. The number of rotatable bonds is 3. The Morgan fingerprint density at radius 3 is 2.67 bits per heavy atom. The van der Waals surface area contributed by atoms with Crippen molar-refractivity contribution in [3.8, 4) is 0 Å². The Morgan fingerprint density at radius 2 is 2.07 bits per heavy atom. The summed E-state index contributed by atoms with van der Waals surface area (Å²) in [6.07, 6.45) is 3.82. The Balaban J connectivity index is 2.35. The molecule has 0 aliphatic carbocycles. The highest BCUT2D eigenvalue weighted by atomic mass is 16.5. The Kier molecular flexibility index (Phi) is 4.59. The predicted molar refractivity (Wildman–Crippen MR) is 56.3 cm³/mol. The fourth-order valence-corrected chi connectivity index (χ4v) is 1.92. The average molecular weight is 213 g/mol. The molecule has 0 radical (unpaired) electrons. The third-order valence-corrected chi connectivity index (χ3v) is 2.89. The van der Waals surface area contributed by atoms with Crippen LogP contribution >= 0.6 is 0 Å². The lowest BCUT2D eigenvalue weighted by Gasteiger charge is -2.33. The van der Waals surface area contributed by atoms with Gasteiger partial charge in [0.2, 0.25) is 5.91 Å². The number of amides is 1. The van der Waals surface area contributed by atoms with Crippen molar-refractivity contribution in [3.05, 3.63) is 0 Å². The second-order valence-electron chi connectivity index (χ2n) is 4.01. The van der Waals surface area contributed by atoms with Gasteiger partial charge in [-0.1, -0.05) is 0 Å². The number of hydrogen-bond acceptors (Lipinski definition) is 3. The van der Waals surface area contributed by atoms with Gasteiger partial charge in [0.05, 0.1) is 13.5 Å². The third kappa shape index (κ3) is 3.53. The topological polar surface area (TPSA) is 46.6 Å². The molecule has 1 fully saturated rings. The first-order valence-corrected chi connectivity index (χ1v) is 5.51. The van der Waals surface area contributed by atoms with Gasteiger partial charge in [0.25, 0.3) is 0 Å². The maximum atomic E-state index is 11.7. The normalized spacial score (nSPS) is 21.2. The SMILES string of the molecule is COC(=O)CCC(=O)N1CCCC[C@@H]1C. The highest BCUT2D eigenvalue weighted by Gasteiger charge is 2.23. The largest absolute Gasteiger partial charge is 0.469 e. The molecular formula is C11H19NO3. The van der Waals surface area contributed by atoms with Gasteiger partial charge in [-0.25, -0.2) is 0 Å². The minimum absolute atomic E-state index is 0.0765. The molecule has 86 valence electrons. The lowest BCUT2D eigenvalue weighted by atomic mass is 10.0. The van der Waals surface area contributed by atoms with E-state index in [1.165, 1.54) is 13.5 Å². The molecule has 0 bridgehead atoms. The van der Waals surface area contributed by atoms with Crippen LogP contribution in [-0.4, -0.2) is 36.5 Å². The standard InChI is InChI=1S/C11H19NO3/c1-9-5-3-4-8-12(9)10(13)6-7-11(14)15-2/h9H,3-8H2,1-2H3/t9-/m0/s1. The van der Waals surface area contributed by atoms with E-state index < -0.39 is 0 Å². The van der Waals surface area contributed by atoms with Crippen molar-refractivity contribution in [2.75, 3.05) is 13.7 Å². The summed E-state index contributed by atoms with van der Waals surface area (Å²) in [7, 11) is 1.34. The molecule has 1 amide bonds. The van der Waals surface area contributed by atoms with Crippen LogP contribution < -0.4 is 0 Å². The van der Waals surface area contributed by atoms with Gasteiger partial charge in [-0.3, -0.25) is 9.59 Å². The molecule has 1 rings (SSSR count). The summed E-state index contributed by atoms with van der Waals surface area (Å²) in [6, 6.07) is 0.323. The number of piperidine rings is 1. The van der Waals surface area contributed by atoms with E-state index in [0.717, 1.165) is 19.4 Å². The van der Waals surface area contributed by atoms with E-state index in [1.807, 2.05) is 4.90 Å². The molecule has 0 saturated carbocycles. The Labute approximate surface area is 90.6 Å². The van der Waals surface area contributed by atoms with Gasteiger partial charge in [-0.15, -0.1) is 0 Å². The van der Waals surface area contributed by atoms with E-state index in [-0.39, 0.29) is 24.7 Å². The molecule has 0 aromatic rings. The number of carbonyl (C=O) groups excluding carboxylic acids is 2. The number of methoxy groups -OCH3 is 1. The van der Waals surface area contributed by atoms with Gasteiger partial charge in [-0.05, 0) is 26.2 Å². The molecule has 15 heavy (non-hydrogen) atoms. The van der Waals surface area contributed by atoms with Crippen molar-refractivity contribution in [3.63, 3.8) is 0 Å². The van der Waals surface area contributed by atoms with Crippen molar-refractivity contribution < 1.29 is 14.3 Å². The highest BCUT2D eigenvalue weighted by molar-refractivity contribution is 5.81. The van der Waals surface area contributed by atoms with Crippen molar-refractivity contribution in [1.29, 1.82) is 0 Å². The van der Waals surface area contributed by atoms with Crippen LogP contribution in [-0.2, 0) is 14.3 Å². The smallest absolute Gasteiger partial charge is 0.306 e. The van der Waals surface area contributed by atoms with Gasteiger partial charge >= 0.3 is 5.97 Å². The summed E-state index contributed by atoms with van der Waals surface area (Å²) in [4.78, 5) is 24.5. The molecule has 1 atom stereocenters. The Bertz CT molecular complexity index is 240. The highest BCUT2D eigenvalue weighted by Crippen LogP contribution is 2.17. The molecule has 1 heterocycles. The van der Waals surface area contributed by atoms with Crippen molar-refractivity contribution >= 4 is 11.9 Å². The van der Waals surface area contributed by atoms with Gasteiger partial charge in [0, 0.05) is 19.0 Å². The molecule has 4 nitrogen and oxygen atoms in total. The van der Waals surface area contributed by atoms with Crippen molar-refractivity contribution in [2.45, 2.75) is 45.1 Å². The molecule has 0 spiro atoms. The van der Waals surface area contributed by atoms with E-state index in [2.05, 4.69) is 11.7 Å². The van der Waals surface area contributed by atoms with Crippen LogP contribution in [0.15, 0.2) is 0 Å². The average Bonchev–Trinajstić information content (AvgIpc) is 2.26. The predicted octanol–water partition coefficient (Wildman–Crippen LogP) is 1.34. The molecular weight excluding hydrogens is 194 g/mol. The number of carbonyl (C=O) groups is 2. The lowest BCUT2D eigenvalue weighted by molar-refractivity contribution is -0.144. The number of nitrogens with zero attached hydrogens (tertiary/aromatic N) is 1. The quantitative estimate of drug-likeness (QED) is 0.665. The number of ether oxygens (including phenoxy) is 1. The van der Waals surface area contributed by atoms with Gasteiger partial charge in [0.1, 0.15) is 0 Å². The summed E-state index contributed by atoms with van der Waals surface area (Å²) in [5, 5.41) is 0. The van der Waals surface area contributed by atoms with Crippen LogP contribution in [0.25, 0.3) is 0 Å². The number of esters is 1. The molecule has 1 aliphatic rings. The third-order valence-electron chi connectivity index (χ3n) is 2.89. The first-order chi connectivity index (χ1) is 7.15. The van der Waals surface area contributed by atoms with Crippen LogP contribution in [0.1, 0.15) is 39.0 Å². The minimum atomic E-state index is -0.312. The monoisotopic (exact) mass is 213 g/mol. The van der Waals surface area contributed by atoms with Gasteiger partial charge in [0.15, 0.2) is 0 Å².